The molecule has 3 nitrogen and oxygen atoms in total. The van der Waals surface area contributed by atoms with Crippen LogP contribution in [0.5, 0.6) is 0 Å². The minimum absolute atomic E-state index is 0.865. The molecule has 10 aromatic rings. The maximum absolute atomic E-state index is 6.39. The number of fused-ring (bicyclic) bond motifs is 7. The molecule has 0 saturated carbocycles. The number of anilines is 2. The Bertz CT molecular complexity index is 3160. The summed E-state index contributed by atoms with van der Waals surface area (Å²) >= 11 is 0. The molecule has 0 fully saturated rings. The Labute approximate surface area is 325 Å². The van der Waals surface area contributed by atoms with E-state index in [0.29, 0.717) is 0 Å². The molecule has 0 amide bonds. The Morgan fingerprint density at radius 2 is 1.02 bits per heavy atom. The Morgan fingerprint density at radius 3 is 1.73 bits per heavy atom. The molecule has 3 heteroatoms. The van der Waals surface area contributed by atoms with Gasteiger partial charge in [-0.3, -0.25) is 0 Å². The van der Waals surface area contributed by atoms with Gasteiger partial charge >= 0.3 is 0 Å². The van der Waals surface area contributed by atoms with E-state index in [-0.39, 0.29) is 0 Å². The minimum atomic E-state index is 0.865. The zero-order valence-electron chi connectivity index (χ0n) is 30.9. The van der Waals surface area contributed by atoms with E-state index in [1.807, 2.05) is 30.3 Å². The molecular weight excluding hydrogens is 683 g/mol. The van der Waals surface area contributed by atoms with Crippen LogP contribution in [0.3, 0.4) is 0 Å². The highest BCUT2D eigenvalue weighted by Crippen LogP contribution is 2.38. The molecule has 0 radical (unpaired) electrons. The number of allylic oxidation sites excluding steroid dienone is 5. The van der Waals surface area contributed by atoms with Gasteiger partial charge in [0.1, 0.15) is 22.3 Å². The van der Waals surface area contributed by atoms with Crippen LogP contribution in [0, 0.1) is 0 Å². The van der Waals surface area contributed by atoms with Gasteiger partial charge < -0.3 is 13.7 Å². The van der Waals surface area contributed by atoms with Gasteiger partial charge in [-0.1, -0.05) is 140 Å². The van der Waals surface area contributed by atoms with Crippen molar-refractivity contribution in [1.29, 1.82) is 0 Å². The SMILES string of the molecule is C=C/C(=C\C=C(/C)N(c1ccc(-c2ccc3ccccc3c2)cc1)c1ccc(-c2ccc3oc4ccccc4c3c2)cc1)c1cccc2c1oc1ccccc12. The molecule has 0 aliphatic heterocycles. The van der Waals surface area contributed by atoms with E-state index in [4.69, 9.17) is 8.83 Å². The Kier molecular flexibility index (Phi) is 8.19. The average molecular weight is 720 g/mol. The fourth-order valence-corrected chi connectivity index (χ4v) is 7.96. The van der Waals surface area contributed by atoms with Gasteiger partial charge in [-0.2, -0.15) is 0 Å². The predicted molar refractivity (Wildman–Crippen MR) is 236 cm³/mol. The fraction of sp³-hybridized carbons (Fsp3) is 0.0189. The molecule has 0 saturated heterocycles. The first-order valence-corrected chi connectivity index (χ1v) is 18.9. The summed E-state index contributed by atoms with van der Waals surface area (Å²) in [6, 6.07) is 62.0. The number of hydrogen-bond donors (Lipinski definition) is 0. The van der Waals surface area contributed by atoms with Gasteiger partial charge in [0, 0.05) is 44.2 Å². The summed E-state index contributed by atoms with van der Waals surface area (Å²) < 4.78 is 12.5. The lowest BCUT2D eigenvalue weighted by Gasteiger charge is -2.26. The van der Waals surface area contributed by atoms with E-state index >= 15 is 0 Å². The molecule has 2 aromatic heterocycles. The summed E-state index contributed by atoms with van der Waals surface area (Å²) in [5.74, 6) is 0. The fourth-order valence-electron chi connectivity index (χ4n) is 7.96. The molecule has 8 aromatic carbocycles. The van der Waals surface area contributed by atoms with Crippen molar-refractivity contribution in [3.05, 3.63) is 212 Å². The Balaban J connectivity index is 1.04. The number of para-hydroxylation sites is 3. The van der Waals surface area contributed by atoms with Crippen molar-refractivity contribution in [2.24, 2.45) is 0 Å². The van der Waals surface area contributed by atoms with E-state index in [9.17, 15) is 0 Å². The largest absolute Gasteiger partial charge is 0.456 e. The summed E-state index contributed by atoms with van der Waals surface area (Å²) in [6.07, 6.45) is 6.21. The first-order valence-electron chi connectivity index (χ1n) is 18.9. The second kappa shape index (κ2) is 13.8. The lowest BCUT2D eigenvalue weighted by atomic mass is 10.0. The van der Waals surface area contributed by atoms with Crippen molar-refractivity contribution < 1.29 is 8.83 Å². The van der Waals surface area contributed by atoms with E-state index in [0.717, 1.165) is 83.2 Å². The topological polar surface area (TPSA) is 29.5 Å². The number of nitrogens with zero attached hydrogens (tertiary/aromatic N) is 1. The van der Waals surface area contributed by atoms with E-state index < -0.39 is 0 Å². The maximum atomic E-state index is 6.39. The highest BCUT2D eigenvalue weighted by molar-refractivity contribution is 6.09. The van der Waals surface area contributed by atoms with Crippen molar-refractivity contribution in [3.63, 3.8) is 0 Å². The van der Waals surface area contributed by atoms with Crippen LogP contribution in [0.1, 0.15) is 12.5 Å². The van der Waals surface area contributed by atoms with Crippen LogP contribution in [-0.4, -0.2) is 0 Å². The van der Waals surface area contributed by atoms with Crippen LogP contribution in [0.4, 0.5) is 11.4 Å². The monoisotopic (exact) mass is 719 g/mol. The highest BCUT2D eigenvalue weighted by Gasteiger charge is 2.15. The van der Waals surface area contributed by atoms with Gasteiger partial charge in [-0.25, -0.2) is 0 Å². The number of furan rings is 2. The normalized spacial score (nSPS) is 12.3. The summed E-state index contributed by atoms with van der Waals surface area (Å²) in [5.41, 5.74) is 13.4. The zero-order chi connectivity index (χ0) is 37.6. The third-order valence-electron chi connectivity index (χ3n) is 10.8. The van der Waals surface area contributed by atoms with Crippen LogP contribution in [0.25, 0.3) is 82.5 Å². The van der Waals surface area contributed by atoms with Gasteiger partial charge in [0.05, 0.1) is 0 Å². The van der Waals surface area contributed by atoms with Crippen LogP contribution in [-0.2, 0) is 0 Å². The maximum Gasteiger partial charge on any atom is 0.143 e. The molecule has 0 N–H and O–H groups in total. The van der Waals surface area contributed by atoms with Crippen molar-refractivity contribution in [2.45, 2.75) is 6.92 Å². The number of rotatable bonds is 8. The molecule has 0 aliphatic carbocycles. The summed E-state index contributed by atoms with van der Waals surface area (Å²) in [5, 5.41) is 6.93. The minimum Gasteiger partial charge on any atom is -0.456 e. The van der Waals surface area contributed by atoms with E-state index in [1.54, 1.807) is 0 Å². The average Bonchev–Trinajstić information content (AvgIpc) is 3.83. The zero-order valence-corrected chi connectivity index (χ0v) is 30.9. The number of hydrogen-bond acceptors (Lipinski definition) is 3. The number of benzene rings is 8. The van der Waals surface area contributed by atoms with Crippen molar-refractivity contribution in [1.82, 2.24) is 0 Å². The van der Waals surface area contributed by atoms with Crippen molar-refractivity contribution >= 4 is 71.6 Å². The highest BCUT2D eigenvalue weighted by atomic mass is 16.3. The molecule has 0 atom stereocenters. The summed E-state index contributed by atoms with van der Waals surface area (Å²) in [4.78, 5) is 2.31. The molecular formula is C53H37NO2. The van der Waals surface area contributed by atoms with Gasteiger partial charge in [0.15, 0.2) is 0 Å². The molecule has 0 bridgehead atoms. The van der Waals surface area contributed by atoms with Gasteiger partial charge in [0.25, 0.3) is 0 Å². The van der Waals surface area contributed by atoms with Crippen LogP contribution < -0.4 is 4.90 Å². The molecule has 56 heavy (non-hydrogen) atoms. The lowest BCUT2D eigenvalue weighted by Crippen LogP contribution is -2.14. The standard InChI is InChI=1S/C53H37NO2/c1-3-36(45-15-10-16-48-46-13-6-9-18-51(46)56-53(45)48)20-19-35(2)54(43-28-23-38(24-29-43)41-22-21-37-11-4-5-12-40(37)33-41)44-30-25-39(26-31-44)42-27-32-52-49(34-42)47-14-7-8-17-50(47)55-52/h3-34H,1H2,2H3/b35-19+,36-20+. The Morgan fingerprint density at radius 1 is 0.464 bits per heavy atom. The summed E-state index contributed by atoms with van der Waals surface area (Å²) in [7, 11) is 0. The predicted octanol–water partition coefficient (Wildman–Crippen LogP) is 15.3. The molecule has 0 aliphatic rings. The quantitative estimate of drug-likeness (QED) is 0.146. The van der Waals surface area contributed by atoms with Gasteiger partial charge in [-0.15, -0.1) is 0 Å². The Hall–Kier alpha value is -7.36. The molecule has 0 spiro atoms. The molecule has 10 rings (SSSR count). The smallest absolute Gasteiger partial charge is 0.143 e. The summed E-state index contributed by atoms with van der Waals surface area (Å²) in [6.45, 7) is 6.36. The first-order chi connectivity index (χ1) is 27.6. The van der Waals surface area contributed by atoms with Gasteiger partial charge in [0.2, 0.25) is 0 Å². The third kappa shape index (κ3) is 5.87. The molecule has 266 valence electrons. The van der Waals surface area contributed by atoms with E-state index in [2.05, 4.69) is 182 Å². The van der Waals surface area contributed by atoms with Crippen LogP contribution in [0.2, 0.25) is 0 Å². The van der Waals surface area contributed by atoms with Crippen LogP contribution in [0.15, 0.2) is 215 Å². The van der Waals surface area contributed by atoms with Crippen molar-refractivity contribution in [2.75, 3.05) is 4.90 Å². The second-order valence-corrected chi connectivity index (χ2v) is 14.2. The third-order valence-corrected chi connectivity index (χ3v) is 10.8. The lowest BCUT2D eigenvalue weighted by molar-refractivity contribution is 0.667. The molecule has 2 heterocycles. The van der Waals surface area contributed by atoms with E-state index in [1.165, 1.54) is 21.9 Å². The van der Waals surface area contributed by atoms with Crippen LogP contribution >= 0.6 is 0 Å². The van der Waals surface area contributed by atoms with Gasteiger partial charge in [-0.05, 0) is 106 Å². The first kappa shape index (κ1) is 33.2. The molecule has 0 unspecified atom stereocenters. The second-order valence-electron chi connectivity index (χ2n) is 14.2. The van der Waals surface area contributed by atoms with Crippen molar-refractivity contribution in [3.8, 4) is 22.3 Å².